The molecule has 1 aliphatic rings. The molecule has 152 valence electrons. The molecule has 1 fully saturated rings. The summed E-state index contributed by atoms with van der Waals surface area (Å²) in [5, 5.41) is 12.6. The molecular formula is C21H25N5O2S. The van der Waals surface area contributed by atoms with Gasteiger partial charge in [0.15, 0.2) is 5.16 Å². The van der Waals surface area contributed by atoms with Crippen LogP contribution in [0.1, 0.15) is 38.0 Å². The number of aromatic nitrogens is 3. The van der Waals surface area contributed by atoms with E-state index in [1.165, 1.54) is 18.2 Å². The van der Waals surface area contributed by atoms with Crippen molar-refractivity contribution in [1.82, 2.24) is 20.1 Å². The Bertz CT molecular complexity index is 920. The number of rotatable bonds is 7. The second-order valence-electron chi connectivity index (χ2n) is 7.09. The molecule has 1 amide bonds. The van der Waals surface area contributed by atoms with Gasteiger partial charge in [-0.25, -0.2) is 0 Å². The molecule has 0 saturated carbocycles. The fourth-order valence-electron chi connectivity index (χ4n) is 3.48. The molecule has 1 aliphatic heterocycles. The van der Waals surface area contributed by atoms with Gasteiger partial charge >= 0.3 is 0 Å². The van der Waals surface area contributed by atoms with Crippen molar-refractivity contribution in [3.05, 3.63) is 54.5 Å². The number of furan rings is 1. The molecule has 0 spiro atoms. The van der Waals surface area contributed by atoms with Gasteiger partial charge in [-0.2, -0.15) is 0 Å². The molecule has 3 aromatic rings. The normalized spacial score (nSPS) is 15.3. The summed E-state index contributed by atoms with van der Waals surface area (Å²) in [6.45, 7) is 3.87. The predicted octanol–water partition coefficient (Wildman–Crippen LogP) is 3.82. The summed E-state index contributed by atoms with van der Waals surface area (Å²) in [6, 6.07) is 13.6. The number of nitrogens with one attached hydrogen (secondary N) is 1. The van der Waals surface area contributed by atoms with Crippen molar-refractivity contribution in [3.63, 3.8) is 0 Å². The number of nitrogens with zero attached hydrogens (tertiary/aromatic N) is 4. The van der Waals surface area contributed by atoms with E-state index in [1.54, 1.807) is 6.26 Å². The Hall–Kier alpha value is -2.74. The maximum Gasteiger partial charge on any atom is 0.232 e. The van der Waals surface area contributed by atoms with E-state index >= 15 is 0 Å². The first-order valence-electron chi connectivity index (χ1n) is 9.94. The van der Waals surface area contributed by atoms with E-state index < -0.39 is 0 Å². The van der Waals surface area contributed by atoms with Gasteiger partial charge in [-0.15, -0.1) is 10.2 Å². The minimum Gasteiger partial charge on any atom is -0.467 e. The number of carbonyl (C=O) groups excluding carboxylic acids is 1. The van der Waals surface area contributed by atoms with Crippen LogP contribution in [0.25, 0.3) is 5.69 Å². The molecule has 1 N–H and O–H groups in total. The molecular weight excluding hydrogens is 386 g/mol. The van der Waals surface area contributed by atoms with Crippen LogP contribution in [0.3, 0.4) is 0 Å². The number of benzene rings is 1. The van der Waals surface area contributed by atoms with Crippen molar-refractivity contribution in [2.45, 2.75) is 37.4 Å². The van der Waals surface area contributed by atoms with Crippen molar-refractivity contribution in [3.8, 4) is 5.69 Å². The molecule has 29 heavy (non-hydrogen) atoms. The molecule has 2 aromatic heterocycles. The third kappa shape index (κ3) is 4.64. The van der Waals surface area contributed by atoms with Crippen LogP contribution in [0.5, 0.6) is 0 Å². The van der Waals surface area contributed by atoms with Crippen molar-refractivity contribution >= 4 is 23.6 Å². The number of carbonyl (C=O) groups is 1. The Morgan fingerprint density at radius 1 is 1.14 bits per heavy atom. The van der Waals surface area contributed by atoms with Gasteiger partial charge in [-0.1, -0.05) is 30.0 Å². The van der Waals surface area contributed by atoms with Gasteiger partial charge in [-0.05, 0) is 50.5 Å². The number of piperidine rings is 1. The van der Waals surface area contributed by atoms with Crippen LogP contribution >= 0.6 is 11.8 Å². The Morgan fingerprint density at radius 2 is 1.93 bits per heavy atom. The van der Waals surface area contributed by atoms with Crippen LogP contribution in [0.15, 0.2) is 58.3 Å². The average Bonchev–Trinajstić information content (AvgIpc) is 3.44. The molecule has 3 heterocycles. The number of hydrogen-bond donors (Lipinski definition) is 1. The van der Waals surface area contributed by atoms with Gasteiger partial charge in [0, 0.05) is 13.1 Å². The average molecular weight is 412 g/mol. The van der Waals surface area contributed by atoms with Gasteiger partial charge in [-0.3, -0.25) is 9.36 Å². The Balaban J connectivity index is 1.49. The standard InChI is InChI=1S/C21H25N5O2S/c1-16(18-11-8-14-28-18)22-19(27)15-29-21-24-23-20(25-12-6-3-7-13-25)26(21)17-9-4-2-5-10-17/h2,4-5,8-11,14,16H,3,6-7,12-13,15H2,1H3,(H,22,27). The molecule has 0 aliphatic carbocycles. The highest BCUT2D eigenvalue weighted by molar-refractivity contribution is 7.99. The van der Waals surface area contributed by atoms with Crippen LogP contribution in [0, 0.1) is 0 Å². The van der Waals surface area contributed by atoms with Crippen molar-refractivity contribution in [2.24, 2.45) is 0 Å². The lowest BCUT2D eigenvalue weighted by Crippen LogP contribution is -2.31. The first kappa shape index (κ1) is 19.6. The largest absolute Gasteiger partial charge is 0.467 e. The zero-order valence-electron chi connectivity index (χ0n) is 16.5. The van der Waals surface area contributed by atoms with E-state index in [0.717, 1.165) is 48.5 Å². The van der Waals surface area contributed by atoms with E-state index in [1.807, 2.05) is 49.4 Å². The van der Waals surface area contributed by atoms with Crippen molar-refractivity contribution in [2.75, 3.05) is 23.7 Å². The minimum absolute atomic E-state index is 0.0685. The predicted molar refractivity (Wildman–Crippen MR) is 113 cm³/mol. The zero-order valence-corrected chi connectivity index (χ0v) is 17.3. The third-order valence-corrected chi connectivity index (χ3v) is 5.88. The molecule has 1 atom stereocenters. The van der Waals surface area contributed by atoms with E-state index in [2.05, 4.69) is 25.0 Å². The topological polar surface area (TPSA) is 76.2 Å². The number of para-hydroxylation sites is 1. The second kappa shape index (κ2) is 9.17. The van der Waals surface area contributed by atoms with E-state index in [4.69, 9.17) is 4.42 Å². The summed E-state index contributed by atoms with van der Waals surface area (Å²) in [5.41, 5.74) is 1.00. The summed E-state index contributed by atoms with van der Waals surface area (Å²) < 4.78 is 7.41. The first-order valence-corrected chi connectivity index (χ1v) is 10.9. The molecule has 1 aromatic carbocycles. The van der Waals surface area contributed by atoms with Crippen LogP contribution in [-0.4, -0.2) is 39.5 Å². The number of hydrogen-bond acceptors (Lipinski definition) is 6. The molecule has 0 radical (unpaired) electrons. The summed E-state index contributed by atoms with van der Waals surface area (Å²) in [5.74, 6) is 1.78. The van der Waals surface area contributed by atoms with Crippen molar-refractivity contribution in [1.29, 1.82) is 0 Å². The van der Waals surface area contributed by atoms with Crippen LogP contribution in [-0.2, 0) is 4.79 Å². The van der Waals surface area contributed by atoms with Gasteiger partial charge < -0.3 is 14.6 Å². The lowest BCUT2D eigenvalue weighted by molar-refractivity contribution is -0.119. The molecule has 1 unspecified atom stereocenters. The van der Waals surface area contributed by atoms with Crippen molar-refractivity contribution < 1.29 is 9.21 Å². The van der Waals surface area contributed by atoms with Crippen LogP contribution < -0.4 is 10.2 Å². The highest BCUT2D eigenvalue weighted by Crippen LogP contribution is 2.28. The van der Waals surface area contributed by atoms with E-state index in [0.29, 0.717) is 0 Å². The Kier molecular flexibility index (Phi) is 6.19. The second-order valence-corrected chi connectivity index (χ2v) is 8.04. The first-order chi connectivity index (χ1) is 14.2. The monoisotopic (exact) mass is 411 g/mol. The number of thioether (sulfide) groups is 1. The summed E-state index contributed by atoms with van der Waals surface area (Å²) in [4.78, 5) is 14.7. The molecule has 0 bridgehead atoms. The van der Waals surface area contributed by atoms with E-state index in [-0.39, 0.29) is 17.7 Å². The highest BCUT2D eigenvalue weighted by atomic mass is 32.2. The SMILES string of the molecule is CC(NC(=O)CSc1nnc(N2CCCCC2)n1-c1ccccc1)c1ccco1. The summed E-state index contributed by atoms with van der Waals surface area (Å²) in [6.07, 6.45) is 5.19. The fourth-order valence-corrected chi connectivity index (χ4v) is 4.24. The van der Waals surface area contributed by atoms with Gasteiger partial charge in [0.25, 0.3) is 0 Å². The Morgan fingerprint density at radius 3 is 2.66 bits per heavy atom. The van der Waals surface area contributed by atoms with E-state index in [9.17, 15) is 4.79 Å². The van der Waals surface area contributed by atoms with Gasteiger partial charge in [0.1, 0.15) is 5.76 Å². The number of amides is 1. The lowest BCUT2D eigenvalue weighted by Gasteiger charge is -2.27. The molecule has 1 saturated heterocycles. The fraction of sp³-hybridized carbons (Fsp3) is 0.381. The number of anilines is 1. The van der Waals surface area contributed by atoms with Crippen LogP contribution in [0.4, 0.5) is 5.95 Å². The highest BCUT2D eigenvalue weighted by Gasteiger charge is 2.22. The quantitative estimate of drug-likeness (QED) is 0.596. The maximum atomic E-state index is 12.4. The van der Waals surface area contributed by atoms with Gasteiger partial charge in [0.2, 0.25) is 11.9 Å². The lowest BCUT2D eigenvalue weighted by atomic mass is 10.1. The molecule has 4 rings (SSSR count). The Labute approximate surface area is 174 Å². The maximum absolute atomic E-state index is 12.4. The smallest absolute Gasteiger partial charge is 0.232 e. The molecule has 7 nitrogen and oxygen atoms in total. The summed E-state index contributed by atoms with van der Waals surface area (Å²) >= 11 is 1.39. The third-order valence-electron chi connectivity index (χ3n) is 4.95. The van der Waals surface area contributed by atoms with Crippen LogP contribution in [0.2, 0.25) is 0 Å². The molecule has 8 heteroatoms. The zero-order chi connectivity index (χ0) is 20.1. The van der Waals surface area contributed by atoms with Gasteiger partial charge in [0.05, 0.1) is 23.7 Å². The summed E-state index contributed by atoms with van der Waals surface area (Å²) in [7, 11) is 0. The minimum atomic E-state index is -0.172.